The quantitative estimate of drug-likeness (QED) is 0.890. The van der Waals surface area contributed by atoms with Gasteiger partial charge in [0, 0.05) is 12.1 Å². The van der Waals surface area contributed by atoms with Crippen LogP contribution >= 0.6 is 0 Å². The number of benzene rings is 2. The van der Waals surface area contributed by atoms with Crippen LogP contribution in [0.25, 0.3) is 0 Å². The molecule has 25 heavy (non-hydrogen) atoms. The Labute approximate surface area is 142 Å². The fourth-order valence-corrected chi connectivity index (χ4v) is 2.76. The Kier molecular flexibility index (Phi) is 4.47. The molecule has 1 atom stereocenters. The summed E-state index contributed by atoms with van der Waals surface area (Å²) in [5.74, 6) is -2.58. The first-order valence-corrected chi connectivity index (χ1v) is 7.67. The van der Waals surface area contributed by atoms with Crippen molar-refractivity contribution in [3.63, 3.8) is 0 Å². The van der Waals surface area contributed by atoms with Crippen molar-refractivity contribution in [3.8, 4) is 0 Å². The second kappa shape index (κ2) is 6.72. The number of carboxylic acid groups (broad SMARTS) is 1. The molecule has 3 rings (SSSR count). The monoisotopic (exact) mass is 342 g/mol. The molecule has 2 amide bonds. The van der Waals surface area contributed by atoms with Crippen LogP contribution in [0.4, 0.5) is 10.1 Å². The van der Waals surface area contributed by atoms with E-state index in [0.29, 0.717) is 13.0 Å². The summed E-state index contributed by atoms with van der Waals surface area (Å²) in [5, 5.41) is 11.6. The molecule has 0 radical (unpaired) electrons. The highest BCUT2D eigenvalue weighted by Crippen LogP contribution is 2.24. The molecular formula is C18H15FN2O4. The SMILES string of the molecule is O=C(O)c1cccc(C(=O)NC2CCN(c3ccccc3F)C2=O)c1. The van der Waals surface area contributed by atoms with Crippen molar-refractivity contribution in [2.75, 3.05) is 11.4 Å². The van der Waals surface area contributed by atoms with Crippen molar-refractivity contribution < 1.29 is 23.9 Å². The zero-order valence-corrected chi connectivity index (χ0v) is 13.1. The number of nitrogens with zero attached hydrogens (tertiary/aromatic N) is 1. The molecule has 1 fully saturated rings. The van der Waals surface area contributed by atoms with Crippen molar-refractivity contribution in [2.45, 2.75) is 12.5 Å². The molecule has 128 valence electrons. The van der Waals surface area contributed by atoms with E-state index in [4.69, 9.17) is 5.11 Å². The summed E-state index contributed by atoms with van der Waals surface area (Å²) < 4.78 is 13.9. The van der Waals surface area contributed by atoms with Gasteiger partial charge in [0.05, 0.1) is 11.3 Å². The Morgan fingerprint density at radius 2 is 1.84 bits per heavy atom. The molecule has 0 saturated carbocycles. The van der Waals surface area contributed by atoms with Crippen LogP contribution < -0.4 is 10.2 Å². The summed E-state index contributed by atoms with van der Waals surface area (Å²) in [4.78, 5) is 37.0. The van der Waals surface area contributed by atoms with Crippen molar-refractivity contribution in [1.29, 1.82) is 0 Å². The Hall–Kier alpha value is -3.22. The van der Waals surface area contributed by atoms with Crippen LogP contribution in [-0.4, -0.2) is 35.5 Å². The first-order valence-electron chi connectivity index (χ1n) is 7.67. The van der Waals surface area contributed by atoms with E-state index in [2.05, 4.69) is 5.32 Å². The molecule has 1 aliphatic rings. The Morgan fingerprint density at radius 3 is 2.56 bits per heavy atom. The standard InChI is InChI=1S/C18H15FN2O4/c19-13-6-1-2-7-15(13)21-9-8-14(17(21)23)20-16(22)11-4-3-5-12(10-11)18(24)25/h1-7,10,14H,8-9H2,(H,20,22)(H,24,25). The zero-order chi connectivity index (χ0) is 18.0. The zero-order valence-electron chi connectivity index (χ0n) is 13.1. The maximum absolute atomic E-state index is 13.9. The lowest BCUT2D eigenvalue weighted by Gasteiger charge is -2.18. The van der Waals surface area contributed by atoms with Crippen LogP contribution in [0.1, 0.15) is 27.1 Å². The number of rotatable bonds is 4. The molecule has 1 heterocycles. The maximum atomic E-state index is 13.9. The van der Waals surface area contributed by atoms with Gasteiger partial charge in [-0.2, -0.15) is 0 Å². The summed E-state index contributed by atoms with van der Waals surface area (Å²) in [6.07, 6.45) is 0.345. The first-order chi connectivity index (χ1) is 12.0. The minimum absolute atomic E-state index is 0.0154. The Balaban J connectivity index is 1.73. The van der Waals surface area contributed by atoms with Gasteiger partial charge in [0.15, 0.2) is 0 Å². The minimum Gasteiger partial charge on any atom is -0.478 e. The molecule has 1 unspecified atom stereocenters. The number of carbonyl (C=O) groups excluding carboxylic acids is 2. The number of nitrogens with one attached hydrogen (secondary N) is 1. The number of hydrogen-bond acceptors (Lipinski definition) is 3. The van der Waals surface area contributed by atoms with Gasteiger partial charge in [-0.05, 0) is 36.8 Å². The predicted octanol–water partition coefficient (Wildman–Crippen LogP) is 2.06. The molecule has 0 spiro atoms. The van der Waals surface area contributed by atoms with Gasteiger partial charge >= 0.3 is 5.97 Å². The maximum Gasteiger partial charge on any atom is 0.335 e. The summed E-state index contributed by atoms with van der Waals surface area (Å²) in [6.45, 7) is 0.292. The highest BCUT2D eigenvalue weighted by atomic mass is 19.1. The second-order valence-corrected chi connectivity index (χ2v) is 5.64. The van der Waals surface area contributed by atoms with Gasteiger partial charge in [0.25, 0.3) is 5.91 Å². The van der Waals surface area contributed by atoms with Crippen LogP contribution in [-0.2, 0) is 4.79 Å². The second-order valence-electron chi connectivity index (χ2n) is 5.64. The van der Waals surface area contributed by atoms with Gasteiger partial charge in [-0.3, -0.25) is 9.59 Å². The van der Waals surface area contributed by atoms with Crippen molar-refractivity contribution >= 4 is 23.5 Å². The summed E-state index contributed by atoms with van der Waals surface area (Å²) in [5.41, 5.74) is 0.313. The van der Waals surface area contributed by atoms with Crippen LogP contribution in [0.15, 0.2) is 48.5 Å². The van der Waals surface area contributed by atoms with Crippen molar-refractivity contribution in [1.82, 2.24) is 5.32 Å². The average Bonchev–Trinajstić information content (AvgIpc) is 2.96. The first kappa shape index (κ1) is 16.6. The van der Waals surface area contributed by atoms with Gasteiger partial charge in [0.1, 0.15) is 11.9 Å². The number of carboxylic acids is 1. The lowest BCUT2D eigenvalue weighted by atomic mass is 10.1. The molecule has 0 bridgehead atoms. The molecular weight excluding hydrogens is 327 g/mol. The lowest BCUT2D eigenvalue weighted by molar-refractivity contribution is -0.118. The van der Waals surface area contributed by atoms with Crippen LogP contribution in [0.3, 0.4) is 0 Å². The third-order valence-corrected chi connectivity index (χ3v) is 4.03. The largest absolute Gasteiger partial charge is 0.478 e. The molecule has 0 aliphatic carbocycles. The van der Waals surface area contributed by atoms with E-state index < -0.39 is 29.6 Å². The van der Waals surface area contributed by atoms with E-state index in [1.165, 1.54) is 47.4 Å². The molecule has 2 N–H and O–H groups in total. The number of aromatic carboxylic acids is 1. The predicted molar refractivity (Wildman–Crippen MR) is 88.0 cm³/mol. The highest BCUT2D eigenvalue weighted by Gasteiger charge is 2.34. The number of carbonyl (C=O) groups is 3. The van der Waals surface area contributed by atoms with Crippen molar-refractivity contribution in [2.24, 2.45) is 0 Å². The fraction of sp³-hybridized carbons (Fsp3) is 0.167. The Bertz CT molecular complexity index is 852. The number of amides is 2. The summed E-state index contributed by atoms with van der Waals surface area (Å²) in [6, 6.07) is 10.7. The molecule has 6 nitrogen and oxygen atoms in total. The minimum atomic E-state index is -1.14. The van der Waals surface area contributed by atoms with E-state index in [-0.39, 0.29) is 16.8 Å². The molecule has 2 aromatic rings. The summed E-state index contributed by atoms with van der Waals surface area (Å²) in [7, 11) is 0. The third kappa shape index (κ3) is 3.35. The number of halogens is 1. The van der Waals surface area contributed by atoms with Crippen LogP contribution in [0.2, 0.25) is 0 Å². The fourth-order valence-electron chi connectivity index (χ4n) is 2.76. The van der Waals surface area contributed by atoms with E-state index in [9.17, 15) is 18.8 Å². The smallest absolute Gasteiger partial charge is 0.335 e. The number of hydrogen-bond donors (Lipinski definition) is 2. The third-order valence-electron chi connectivity index (χ3n) is 4.03. The highest BCUT2D eigenvalue weighted by molar-refractivity contribution is 6.04. The molecule has 2 aromatic carbocycles. The topological polar surface area (TPSA) is 86.7 Å². The van der Waals surface area contributed by atoms with Gasteiger partial charge in [-0.25, -0.2) is 9.18 Å². The average molecular weight is 342 g/mol. The van der Waals surface area contributed by atoms with Gasteiger partial charge in [-0.15, -0.1) is 0 Å². The molecule has 1 aliphatic heterocycles. The van der Waals surface area contributed by atoms with E-state index in [0.717, 1.165) is 0 Å². The normalized spacial score (nSPS) is 16.8. The van der Waals surface area contributed by atoms with Gasteiger partial charge in [-0.1, -0.05) is 18.2 Å². The van der Waals surface area contributed by atoms with Gasteiger partial charge in [0.2, 0.25) is 5.91 Å². The molecule has 0 aromatic heterocycles. The number of para-hydroxylation sites is 1. The van der Waals surface area contributed by atoms with E-state index in [1.807, 2.05) is 0 Å². The summed E-state index contributed by atoms with van der Waals surface area (Å²) >= 11 is 0. The number of anilines is 1. The lowest BCUT2D eigenvalue weighted by Crippen LogP contribution is -2.41. The van der Waals surface area contributed by atoms with Crippen LogP contribution in [0.5, 0.6) is 0 Å². The van der Waals surface area contributed by atoms with Crippen molar-refractivity contribution in [3.05, 3.63) is 65.5 Å². The van der Waals surface area contributed by atoms with Crippen LogP contribution in [0, 0.1) is 5.82 Å². The van der Waals surface area contributed by atoms with E-state index >= 15 is 0 Å². The Morgan fingerprint density at radius 1 is 1.12 bits per heavy atom. The van der Waals surface area contributed by atoms with Gasteiger partial charge < -0.3 is 15.3 Å². The molecule has 7 heteroatoms. The molecule has 1 saturated heterocycles. The van der Waals surface area contributed by atoms with E-state index in [1.54, 1.807) is 6.07 Å².